The van der Waals surface area contributed by atoms with E-state index in [9.17, 15) is 14.7 Å². The van der Waals surface area contributed by atoms with Gasteiger partial charge in [-0.3, -0.25) is 0 Å². The molecule has 0 spiro atoms. The summed E-state index contributed by atoms with van der Waals surface area (Å²) in [5.41, 5.74) is -0.974. The molecular weight excluding hydrogens is 244 g/mol. The van der Waals surface area contributed by atoms with Crippen LogP contribution in [0.3, 0.4) is 0 Å². The van der Waals surface area contributed by atoms with Gasteiger partial charge in [0.2, 0.25) is 0 Å². The van der Waals surface area contributed by atoms with E-state index in [4.69, 9.17) is 0 Å². The van der Waals surface area contributed by atoms with Crippen LogP contribution in [0.5, 0.6) is 0 Å². The normalized spacial score (nSPS) is 26.5. The van der Waals surface area contributed by atoms with Gasteiger partial charge in [0, 0.05) is 19.1 Å². The third-order valence-corrected chi connectivity index (χ3v) is 4.40. The van der Waals surface area contributed by atoms with E-state index in [1.807, 2.05) is 11.8 Å². The average molecular weight is 268 g/mol. The van der Waals surface area contributed by atoms with Crippen molar-refractivity contribution >= 4 is 12.0 Å². The van der Waals surface area contributed by atoms with E-state index in [1.165, 1.54) is 0 Å². The number of rotatable bonds is 5. The Bertz CT molecular complexity index is 368. The number of urea groups is 1. The minimum Gasteiger partial charge on any atom is -0.479 e. The zero-order valence-electron chi connectivity index (χ0n) is 11.9. The largest absolute Gasteiger partial charge is 0.479 e. The van der Waals surface area contributed by atoms with Crippen molar-refractivity contribution in [1.82, 2.24) is 9.80 Å². The summed E-state index contributed by atoms with van der Waals surface area (Å²) in [5.74, 6) is -0.854. The third kappa shape index (κ3) is 2.42. The molecule has 2 rings (SSSR count). The van der Waals surface area contributed by atoms with Gasteiger partial charge < -0.3 is 14.9 Å². The van der Waals surface area contributed by atoms with E-state index >= 15 is 0 Å². The first kappa shape index (κ1) is 14.2. The second kappa shape index (κ2) is 5.39. The molecule has 1 N–H and O–H groups in total. The van der Waals surface area contributed by atoms with Crippen molar-refractivity contribution in [3.8, 4) is 0 Å². The van der Waals surface area contributed by atoms with Crippen LogP contribution in [0.25, 0.3) is 0 Å². The lowest BCUT2D eigenvalue weighted by atomic mass is 9.93. The zero-order chi connectivity index (χ0) is 14.0. The van der Waals surface area contributed by atoms with Crippen LogP contribution in [-0.2, 0) is 4.79 Å². The molecule has 1 atom stereocenters. The monoisotopic (exact) mass is 268 g/mol. The van der Waals surface area contributed by atoms with Crippen LogP contribution in [-0.4, -0.2) is 51.6 Å². The molecule has 2 fully saturated rings. The van der Waals surface area contributed by atoms with Gasteiger partial charge in [-0.15, -0.1) is 0 Å². The van der Waals surface area contributed by atoms with E-state index in [1.54, 1.807) is 4.90 Å². The maximum atomic E-state index is 12.7. The van der Waals surface area contributed by atoms with Gasteiger partial charge in [0.1, 0.15) is 5.54 Å². The Hall–Kier alpha value is -1.26. The zero-order valence-corrected chi connectivity index (χ0v) is 11.9. The van der Waals surface area contributed by atoms with Crippen molar-refractivity contribution in [1.29, 1.82) is 0 Å². The summed E-state index contributed by atoms with van der Waals surface area (Å²) < 4.78 is 0. The molecule has 19 heavy (non-hydrogen) atoms. The molecule has 0 aromatic rings. The van der Waals surface area contributed by atoms with E-state index in [-0.39, 0.29) is 6.03 Å². The Morgan fingerprint density at radius 3 is 2.53 bits per heavy atom. The van der Waals surface area contributed by atoms with Gasteiger partial charge in [-0.05, 0) is 38.5 Å². The van der Waals surface area contributed by atoms with Crippen LogP contribution in [0.15, 0.2) is 0 Å². The van der Waals surface area contributed by atoms with Crippen molar-refractivity contribution in [3.63, 3.8) is 0 Å². The van der Waals surface area contributed by atoms with E-state index in [2.05, 4.69) is 6.92 Å². The van der Waals surface area contributed by atoms with Crippen LogP contribution in [0.2, 0.25) is 0 Å². The minimum absolute atomic E-state index is 0.0638. The van der Waals surface area contributed by atoms with Gasteiger partial charge in [-0.1, -0.05) is 13.8 Å². The molecule has 0 bridgehead atoms. The molecule has 1 aliphatic heterocycles. The van der Waals surface area contributed by atoms with Crippen molar-refractivity contribution in [3.05, 3.63) is 0 Å². The number of likely N-dealkylation sites (tertiary alicyclic amines) is 1. The summed E-state index contributed by atoms with van der Waals surface area (Å²) >= 11 is 0. The fourth-order valence-corrected chi connectivity index (χ4v) is 3.12. The number of hydrogen-bond acceptors (Lipinski definition) is 2. The first-order valence-electron chi connectivity index (χ1n) is 7.38. The summed E-state index contributed by atoms with van der Waals surface area (Å²) in [4.78, 5) is 27.8. The number of aliphatic carboxylic acids is 1. The van der Waals surface area contributed by atoms with Gasteiger partial charge in [-0.25, -0.2) is 9.59 Å². The lowest BCUT2D eigenvalue weighted by molar-refractivity contribution is -0.148. The Labute approximate surface area is 114 Å². The molecule has 5 heteroatoms. The summed E-state index contributed by atoms with van der Waals surface area (Å²) in [6, 6.07) is 0.280. The van der Waals surface area contributed by atoms with Gasteiger partial charge in [0.05, 0.1) is 0 Å². The van der Waals surface area contributed by atoms with Crippen LogP contribution in [0, 0.1) is 0 Å². The summed E-state index contributed by atoms with van der Waals surface area (Å²) in [6.07, 6.45) is 4.89. The number of amides is 2. The number of carboxylic acid groups (broad SMARTS) is 1. The number of carboxylic acids is 1. The van der Waals surface area contributed by atoms with Gasteiger partial charge >= 0.3 is 12.0 Å². The number of nitrogens with zero attached hydrogens (tertiary/aromatic N) is 2. The summed E-state index contributed by atoms with van der Waals surface area (Å²) in [6.45, 7) is 5.23. The Balaban J connectivity index is 2.18. The molecule has 108 valence electrons. The van der Waals surface area contributed by atoms with Crippen molar-refractivity contribution in [2.75, 3.05) is 13.1 Å². The average Bonchev–Trinajstić information content (AvgIpc) is 3.12. The predicted molar refractivity (Wildman–Crippen MR) is 72.0 cm³/mol. The fourth-order valence-electron chi connectivity index (χ4n) is 3.12. The van der Waals surface area contributed by atoms with E-state index in [0.29, 0.717) is 25.4 Å². The quantitative estimate of drug-likeness (QED) is 0.832. The van der Waals surface area contributed by atoms with Crippen molar-refractivity contribution in [2.45, 2.75) is 64.0 Å². The van der Waals surface area contributed by atoms with Crippen molar-refractivity contribution in [2.24, 2.45) is 0 Å². The molecule has 5 nitrogen and oxygen atoms in total. The maximum absolute atomic E-state index is 12.7. The second-order valence-corrected chi connectivity index (χ2v) is 5.65. The van der Waals surface area contributed by atoms with E-state index < -0.39 is 11.5 Å². The second-order valence-electron chi connectivity index (χ2n) is 5.65. The van der Waals surface area contributed by atoms with Crippen LogP contribution in [0.1, 0.15) is 52.4 Å². The molecule has 2 aliphatic rings. The maximum Gasteiger partial charge on any atom is 0.329 e. The van der Waals surface area contributed by atoms with E-state index in [0.717, 1.165) is 32.2 Å². The molecule has 1 heterocycles. The summed E-state index contributed by atoms with van der Waals surface area (Å²) in [7, 11) is 0. The molecule has 2 amide bonds. The molecule has 1 aliphatic carbocycles. The van der Waals surface area contributed by atoms with Crippen LogP contribution in [0.4, 0.5) is 4.79 Å². The van der Waals surface area contributed by atoms with Gasteiger partial charge in [0.25, 0.3) is 0 Å². The Morgan fingerprint density at radius 2 is 2.05 bits per heavy atom. The highest BCUT2D eigenvalue weighted by molar-refractivity contribution is 5.87. The number of hydrogen-bond donors (Lipinski definition) is 1. The predicted octanol–water partition coefficient (Wildman–Crippen LogP) is 2.31. The van der Waals surface area contributed by atoms with Gasteiger partial charge in [-0.2, -0.15) is 0 Å². The van der Waals surface area contributed by atoms with Crippen LogP contribution >= 0.6 is 0 Å². The first-order valence-corrected chi connectivity index (χ1v) is 7.38. The molecule has 1 saturated heterocycles. The first-order chi connectivity index (χ1) is 9.06. The lowest BCUT2D eigenvalue weighted by Gasteiger charge is -2.37. The molecule has 1 saturated carbocycles. The standard InChI is InChI=1S/C14H24N2O3/c1-3-9-15(11-6-7-11)13(19)16-10-5-8-14(16,4-2)12(17)18/h11H,3-10H2,1-2H3,(H,17,18). The topological polar surface area (TPSA) is 60.9 Å². The Kier molecular flexibility index (Phi) is 4.02. The lowest BCUT2D eigenvalue weighted by Crippen LogP contribution is -2.57. The van der Waals surface area contributed by atoms with Gasteiger partial charge in [0.15, 0.2) is 0 Å². The van der Waals surface area contributed by atoms with Crippen molar-refractivity contribution < 1.29 is 14.7 Å². The molecule has 0 radical (unpaired) electrons. The molecule has 0 aromatic heterocycles. The highest BCUT2D eigenvalue weighted by Crippen LogP contribution is 2.36. The molecular formula is C14H24N2O3. The SMILES string of the molecule is CCCN(C(=O)N1CCCC1(CC)C(=O)O)C1CC1. The van der Waals surface area contributed by atoms with Crippen LogP contribution < -0.4 is 0 Å². The molecule has 1 unspecified atom stereocenters. The Morgan fingerprint density at radius 1 is 1.37 bits per heavy atom. The number of carbonyl (C=O) groups is 2. The number of carbonyl (C=O) groups excluding carboxylic acids is 1. The smallest absolute Gasteiger partial charge is 0.329 e. The highest BCUT2D eigenvalue weighted by atomic mass is 16.4. The highest BCUT2D eigenvalue weighted by Gasteiger charge is 2.50. The minimum atomic E-state index is -0.974. The fraction of sp³-hybridized carbons (Fsp3) is 0.857. The third-order valence-electron chi connectivity index (χ3n) is 4.40. The molecule has 0 aromatic carbocycles. The summed E-state index contributed by atoms with van der Waals surface area (Å²) in [5, 5.41) is 9.54.